The lowest BCUT2D eigenvalue weighted by atomic mass is 10.2. The van der Waals surface area contributed by atoms with E-state index in [1.54, 1.807) is 33.7 Å². The average Bonchev–Trinajstić information content (AvgIpc) is 2.80. The van der Waals surface area contributed by atoms with E-state index >= 15 is 0 Å². The second-order valence-corrected chi connectivity index (χ2v) is 7.93. The number of nitrogens with zero attached hydrogens (tertiary/aromatic N) is 4. The third kappa shape index (κ3) is 4.66. The summed E-state index contributed by atoms with van der Waals surface area (Å²) in [7, 11) is 0. The van der Waals surface area contributed by atoms with Crippen LogP contribution in [0.2, 0.25) is 5.02 Å². The Morgan fingerprint density at radius 1 is 1.06 bits per heavy atom. The monoisotopic (exact) mass is 440 g/mol. The number of halogens is 1. The fourth-order valence-electron chi connectivity index (χ4n) is 3.77. The number of hydrogen-bond acceptors (Lipinski definition) is 5. The molecule has 2 heterocycles. The van der Waals surface area contributed by atoms with E-state index in [4.69, 9.17) is 16.3 Å². The molecule has 0 spiro atoms. The van der Waals surface area contributed by atoms with Gasteiger partial charge in [0.1, 0.15) is 5.75 Å². The van der Waals surface area contributed by atoms with Crippen LogP contribution in [-0.4, -0.2) is 53.1 Å². The third-order valence-corrected chi connectivity index (χ3v) is 5.64. The first-order valence-corrected chi connectivity index (χ1v) is 10.9. The first-order valence-electron chi connectivity index (χ1n) is 10.5. The standard InChI is InChI=1S/C23H25ClN4O3/c1-2-11-28-20-6-4-3-5-19(20)25-22(23(28)30)27-14-12-26(13-15-27)21(29)16-31-18-9-7-17(24)8-10-18/h3-10H,2,11-16H2,1H3. The smallest absolute Gasteiger partial charge is 0.294 e. The molecule has 3 aromatic rings. The van der Waals surface area contributed by atoms with Crippen molar-refractivity contribution in [3.63, 3.8) is 0 Å². The Balaban J connectivity index is 1.43. The van der Waals surface area contributed by atoms with Gasteiger partial charge in [-0.2, -0.15) is 0 Å². The van der Waals surface area contributed by atoms with E-state index in [1.807, 2.05) is 29.2 Å². The highest BCUT2D eigenvalue weighted by Gasteiger charge is 2.25. The Bertz CT molecular complexity index is 1120. The lowest BCUT2D eigenvalue weighted by Crippen LogP contribution is -2.51. The number of para-hydroxylation sites is 2. The molecule has 7 nitrogen and oxygen atoms in total. The molecule has 31 heavy (non-hydrogen) atoms. The van der Waals surface area contributed by atoms with Gasteiger partial charge >= 0.3 is 0 Å². The number of ether oxygens (including phenoxy) is 1. The van der Waals surface area contributed by atoms with E-state index in [1.165, 1.54) is 0 Å². The molecule has 0 bridgehead atoms. The van der Waals surface area contributed by atoms with Gasteiger partial charge in [0.2, 0.25) is 0 Å². The summed E-state index contributed by atoms with van der Waals surface area (Å²) in [5, 5.41) is 0.620. The fraction of sp³-hybridized carbons (Fsp3) is 0.348. The maximum atomic E-state index is 13.1. The van der Waals surface area contributed by atoms with Crippen molar-refractivity contribution in [3.8, 4) is 5.75 Å². The maximum absolute atomic E-state index is 13.1. The fourth-order valence-corrected chi connectivity index (χ4v) is 3.89. The topological polar surface area (TPSA) is 67.7 Å². The van der Waals surface area contributed by atoms with E-state index in [0.717, 1.165) is 17.5 Å². The molecule has 4 rings (SSSR count). The van der Waals surface area contributed by atoms with Crippen molar-refractivity contribution in [2.75, 3.05) is 37.7 Å². The molecular weight excluding hydrogens is 416 g/mol. The molecule has 8 heteroatoms. The van der Waals surface area contributed by atoms with Crippen molar-refractivity contribution in [2.24, 2.45) is 0 Å². The zero-order chi connectivity index (χ0) is 21.8. The van der Waals surface area contributed by atoms with Gasteiger partial charge in [0.15, 0.2) is 12.4 Å². The predicted octanol–water partition coefficient (Wildman–Crippen LogP) is 3.19. The van der Waals surface area contributed by atoms with E-state index in [2.05, 4.69) is 11.9 Å². The highest BCUT2D eigenvalue weighted by Crippen LogP contribution is 2.18. The number of amides is 1. The summed E-state index contributed by atoms with van der Waals surface area (Å²) < 4.78 is 7.37. The molecule has 1 fully saturated rings. The van der Waals surface area contributed by atoms with Crippen LogP contribution in [0.15, 0.2) is 53.3 Å². The molecule has 162 valence electrons. The molecule has 1 aliphatic rings. The zero-order valence-corrected chi connectivity index (χ0v) is 18.2. The minimum absolute atomic E-state index is 0.0286. The van der Waals surface area contributed by atoms with Gasteiger partial charge in [-0.15, -0.1) is 0 Å². The van der Waals surface area contributed by atoms with Crippen LogP contribution in [-0.2, 0) is 11.3 Å². The van der Waals surface area contributed by atoms with Crippen LogP contribution in [0.25, 0.3) is 11.0 Å². The number of hydrogen-bond donors (Lipinski definition) is 0. The molecule has 0 aliphatic carbocycles. The van der Waals surface area contributed by atoms with Crippen molar-refractivity contribution in [3.05, 3.63) is 63.9 Å². The van der Waals surface area contributed by atoms with Gasteiger partial charge in [-0.25, -0.2) is 4.98 Å². The third-order valence-electron chi connectivity index (χ3n) is 5.39. The van der Waals surface area contributed by atoms with E-state index in [0.29, 0.717) is 49.3 Å². The minimum Gasteiger partial charge on any atom is -0.484 e. The number of rotatable bonds is 6. The van der Waals surface area contributed by atoms with Gasteiger partial charge in [-0.05, 0) is 42.8 Å². The predicted molar refractivity (Wildman–Crippen MR) is 122 cm³/mol. The summed E-state index contributed by atoms with van der Waals surface area (Å²) in [5.41, 5.74) is 1.58. The summed E-state index contributed by atoms with van der Waals surface area (Å²) in [6.07, 6.45) is 0.864. The van der Waals surface area contributed by atoms with E-state index < -0.39 is 0 Å². The number of carbonyl (C=O) groups excluding carboxylic acids is 1. The van der Waals surface area contributed by atoms with Gasteiger partial charge in [0, 0.05) is 37.7 Å². The highest BCUT2D eigenvalue weighted by molar-refractivity contribution is 6.30. The molecule has 1 aliphatic heterocycles. The highest BCUT2D eigenvalue weighted by atomic mass is 35.5. The Kier molecular flexibility index (Phi) is 6.42. The summed E-state index contributed by atoms with van der Waals surface area (Å²) in [5.74, 6) is 0.981. The van der Waals surface area contributed by atoms with Gasteiger partial charge < -0.3 is 19.1 Å². The molecule has 0 unspecified atom stereocenters. The molecule has 1 amide bonds. The van der Waals surface area contributed by atoms with Gasteiger partial charge in [-0.3, -0.25) is 9.59 Å². The van der Waals surface area contributed by atoms with Gasteiger partial charge in [-0.1, -0.05) is 30.7 Å². The van der Waals surface area contributed by atoms with Crippen molar-refractivity contribution in [1.29, 1.82) is 0 Å². The molecule has 0 N–H and O–H groups in total. The molecule has 1 aromatic heterocycles. The zero-order valence-electron chi connectivity index (χ0n) is 17.5. The summed E-state index contributed by atoms with van der Waals surface area (Å²) in [6.45, 7) is 4.82. The van der Waals surface area contributed by atoms with Crippen LogP contribution in [0.5, 0.6) is 5.75 Å². The van der Waals surface area contributed by atoms with Crippen molar-refractivity contribution in [1.82, 2.24) is 14.5 Å². The normalized spacial score (nSPS) is 14.1. The lowest BCUT2D eigenvalue weighted by Gasteiger charge is -2.35. The molecule has 0 atom stereocenters. The van der Waals surface area contributed by atoms with Crippen molar-refractivity contribution < 1.29 is 9.53 Å². The first-order chi connectivity index (χ1) is 15.1. The molecule has 0 radical (unpaired) electrons. The van der Waals surface area contributed by atoms with Crippen LogP contribution in [0.3, 0.4) is 0 Å². The van der Waals surface area contributed by atoms with Crippen LogP contribution in [0, 0.1) is 0 Å². The van der Waals surface area contributed by atoms with Crippen LogP contribution >= 0.6 is 11.6 Å². The Hall–Kier alpha value is -3.06. The Morgan fingerprint density at radius 2 is 1.77 bits per heavy atom. The summed E-state index contributed by atoms with van der Waals surface area (Å²) in [4.78, 5) is 34.0. The molecule has 1 saturated heterocycles. The number of piperazine rings is 1. The largest absolute Gasteiger partial charge is 0.484 e. The van der Waals surface area contributed by atoms with Crippen molar-refractivity contribution in [2.45, 2.75) is 19.9 Å². The van der Waals surface area contributed by atoms with Crippen LogP contribution < -0.4 is 15.2 Å². The second kappa shape index (κ2) is 9.39. The summed E-state index contributed by atoms with van der Waals surface area (Å²) in [6, 6.07) is 14.6. The number of aryl methyl sites for hydroxylation is 1. The van der Waals surface area contributed by atoms with Gasteiger partial charge in [0.05, 0.1) is 11.0 Å². The first kappa shape index (κ1) is 21.2. The Labute approximate surface area is 185 Å². The second-order valence-electron chi connectivity index (χ2n) is 7.49. The number of anilines is 1. The molecular formula is C23H25ClN4O3. The molecule has 2 aromatic carbocycles. The number of benzene rings is 2. The molecule has 0 saturated carbocycles. The maximum Gasteiger partial charge on any atom is 0.294 e. The Morgan fingerprint density at radius 3 is 2.48 bits per heavy atom. The van der Waals surface area contributed by atoms with Crippen LogP contribution in [0.4, 0.5) is 5.82 Å². The minimum atomic E-state index is -0.0792. The summed E-state index contributed by atoms with van der Waals surface area (Å²) >= 11 is 5.87. The average molecular weight is 441 g/mol. The van der Waals surface area contributed by atoms with Gasteiger partial charge in [0.25, 0.3) is 11.5 Å². The SMILES string of the molecule is CCCn1c(=O)c(N2CCN(C(=O)COc3ccc(Cl)cc3)CC2)nc2ccccc21. The van der Waals surface area contributed by atoms with Crippen molar-refractivity contribution >= 4 is 34.4 Å². The van der Waals surface area contributed by atoms with E-state index in [9.17, 15) is 9.59 Å². The number of fused-ring (bicyclic) bond motifs is 1. The lowest BCUT2D eigenvalue weighted by molar-refractivity contribution is -0.133. The number of aromatic nitrogens is 2. The quantitative estimate of drug-likeness (QED) is 0.589. The number of carbonyl (C=O) groups is 1. The van der Waals surface area contributed by atoms with Crippen LogP contribution in [0.1, 0.15) is 13.3 Å². The van der Waals surface area contributed by atoms with E-state index in [-0.39, 0.29) is 18.1 Å².